The molecular weight excluding hydrogens is 303 g/mol. The zero-order chi connectivity index (χ0) is 12.3. The SMILES string of the molecule is O=C(/C=C/c1csc(Br)c1)c1cccc(F)c1. The van der Waals surface area contributed by atoms with E-state index in [-0.39, 0.29) is 5.78 Å². The highest BCUT2D eigenvalue weighted by Crippen LogP contribution is 2.21. The van der Waals surface area contributed by atoms with Crippen LogP contribution in [0.2, 0.25) is 0 Å². The zero-order valence-electron chi connectivity index (χ0n) is 8.69. The fraction of sp³-hybridized carbons (Fsp3) is 0. The monoisotopic (exact) mass is 310 g/mol. The highest BCUT2D eigenvalue weighted by molar-refractivity contribution is 9.11. The van der Waals surface area contributed by atoms with Crippen LogP contribution in [0.3, 0.4) is 0 Å². The Balaban J connectivity index is 2.14. The summed E-state index contributed by atoms with van der Waals surface area (Å²) in [5.41, 5.74) is 1.31. The van der Waals surface area contributed by atoms with Gasteiger partial charge < -0.3 is 0 Å². The zero-order valence-corrected chi connectivity index (χ0v) is 11.1. The van der Waals surface area contributed by atoms with Gasteiger partial charge in [-0.3, -0.25) is 4.79 Å². The lowest BCUT2D eigenvalue weighted by Crippen LogP contribution is -1.94. The van der Waals surface area contributed by atoms with Crippen LogP contribution in [0.25, 0.3) is 6.08 Å². The van der Waals surface area contributed by atoms with E-state index in [4.69, 9.17) is 0 Å². The summed E-state index contributed by atoms with van der Waals surface area (Å²) in [5.74, 6) is -0.602. The summed E-state index contributed by atoms with van der Waals surface area (Å²) in [6.07, 6.45) is 3.16. The topological polar surface area (TPSA) is 17.1 Å². The highest BCUT2D eigenvalue weighted by Gasteiger charge is 2.02. The van der Waals surface area contributed by atoms with Crippen molar-refractivity contribution in [1.82, 2.24) is 0 Å². The van der Waals surface area contributed by atoms with Crippen LogP contribution in [0, 0.1) is 5.82 Å². The summed E-state index contributed by atoms with van der Waals surface area (Å²) in [7, 11) is 0. The molecule has 0 saturated heterocycles. The van der Waals surface area contributed by atoms with Crippen LogP contribution in [0.15, 0.2) is 45.6 Å². The van der Waals surface area contributed by atoms with E-state index in [2.05, 4.69) is 15.9 Å². The molecule has 2 aromatic rings. The minimum absolute atomic E-state index is 0.202. The largest absolute Gasteiger partial charge is 0.289 e. The van der Waals surface area contributed by atoms with Crippen molar-refractivity contribution in [1.29, 1.82) is 0 Å². The Labute approximate surface area is 111 Å². The molecular formula is C13H8BrFOS. The van der Waals surface area contributed by atoms with E-state index in [1.54, 1.807) is 23.5 Å². The van der Waals surface area contributed by atoms with Gasteiger partial charge in [-0.05, 0) is 51.1 Å². The van der Waals surface area contributed by atoms with E-state index in [1.165, 1.54) is 24.3 Å². The van der Waals surface area contributed by atoms with Gasteiger partial charge in [0.1, 0.15) is 5.82 Å². The van der Waals surface area contributed by atoms with Gasteiger partial charge in [0, 0.05) is 5.56 Å². The fourth-order valence-electron chi connectivity index (χ4n) is 1.32. The van der Waals surface area contributed by atoms with Gasteiger partial charge in [0.2, 0.25) is 0 Å². The lowest BCUT2D eigenvalue weighted by atomic mass is 10.1. The van der Waals surface area contributed by atoms with Gasteiger partial charge in [0.15, 0.2) is 5.78 Å². The number of rotatable bonds is 3. The van der Waals surface area contributed by atoms with Crippen LogP contribution in [0.1, 0.15) is 15.9 Å². The molecule has 1 nitrogen and oxygen atoms in total. The van der Waals surface area contributed by atoms with Gasteiger partial charge in [-0.1, -0.05) is 18.2 Å². The van der Waals surface area contributed by atoms with Crippen LogP contribution in [0.5, 0.6) is 0 Å². The first kappa shape index (κ1) is 12.2. The van der Waals surface area contributed by atoms with Gasteiger partial charge in [0.05, 0.1) is 3.79 Å². The molecule has 0 aliphatic carbocycles. The van der Waals surface area contributed by atoms with E-state index in [1.807, 2.05) is 11.4 Å². The molecule has 4 heteroatoms. The van der Waals surface area contributed by atoms with E-state index >= 15 is 0 Å². The summed E-state index contributed by atoms with van der Waals surface area (Å²) >= 11 is 4.89. The number of hydrogen-bond donors (Lipinski definition) is 0. The van der Waals surface area contributed by atoms with Crippen molar-refractivity contribution < 1.29 is 9.18 Å². The van der Waals surface area contributed by atoms with Crippen LogP contribution in [-0.4, -0.2) is 5.78 Å². The molecule has 86 valence electrons. The summed E-state index contributed by atoms with van der Waals surface area (Å²) in [4.78, 5) is 11.7. The molecule has 17 heavy (non-hydrogen) atoms. The minimum atomic E-state index is -0.400. The summed E-state index contributed by atoms with van der Waals surface area (Å²) < 4.78 is 13.9. The minimum Gasteiger partial charge on any atom is -0.289 e. The van der Waals surface area contributed by atoms with Crippen molar-refractivity contribution in [3.8, 4) is 0 Å². The third-order valence-electron chi connectivity index (χ3n) is 2.12. The second-order valence-electron chi connectivity index (χ2n) is 3.39. The number of hydrogen-bond acceptors (Lipinski definition) is 2. The Morgan fingerprint density at radius 1 is 1.35 bits per heavy atom. The maximum Gasteiger partial charge on any atom is 0.185 e. The Kier molecular flexibility index (Phi) is 3.86. The van der Waals surface area contributed by atoms with E-state index < -0.39 is 5.82 Å². The Bertz CT molecular complexity index is 574. The second kappa shape index (κ2) is 5.38. The number of carbonyl (C=O) groups is 1. The van der Waals surface area contributed by atoms with Crippen molar-refractivity contribution in [2.24, 2.45) is 0 Å². The van der Waals surface area contributed by atoms with Crippen molar-refractivity contribution in [2.45, 2.75) is 0 Å². The van der Waals surface area contributed by atoms with Crippen molar-refractivity contribution in [3.05, 3.63) is 62.5 Å². The van der Waals surface area contributed by atoms with Crippen LogP contribution in [-0.2, 0) is 0 Å². The summed E-state index contributed by atoms with van der Waals surface area (Å²) in [6, 6.07) is 7.59. The van der Waals surface area contributed by atoms with E-state index in [0.717, 1.165) is 9.35 Å². The summed E-state index contributed by atoms with van der Waals surface area (Å²) in [5, 5.41) is 1.93. The Morgan fingerprint density at radius 2 is 2.18 bits per heavy atom. The molecule has 0 bridgehead atoms. The molecule has 1 aromatic heterocycles. The quantitative estimate of drug-likeness (QED) is 0.600. The molecule has 0 unspecified atom stereocenters. The average molecular weight is 311 g/mol. The third kappa shape index (κ3) is 3.35. The average Bonchev–Trinajstić information content (AvgIpc) is 2.72. The molecule has 1 aromatic carbocycles. The molecule has 0 amide bonds. The second-order valence-corrected chi connectivity index (χ2v) is 5.68. The fourth-order valence-corrected chi connectivity index (χ4v) is 2.46. The van der Waals surface area contributed by atoms with Crippen molar-refractivity contribution in [3.63, 3.8) is 0 Å². The highest BCUT2D eigenvalue weighted by atomic mass is 79.9. The van der Waals surface area contributed by atoms with E-state index in [9.17, 15) is 9.18 Å². The van der Waals surface area contributed by atoms with Gasteiger partial charge in [-0.2, -0.15) is 0 Å². The predicted molar refractivity (Wildman–Crippen MR) is 71.8 cm³/mol. The van der Waals surface area contributed by atoms with Crippen LogP contribution < -0.4 is 0 Å². The first-order valence-electron chi connectivity index (χ1n) is 4.87. The molecule has 0 saturated carbocycles. The molecule has 0 aliphatic heterocycles. The number of halogens is 2. The van der Waals surface area contributed by atoms with Gasteiger partial charge in [0.25, 0.3) is 0 Å². The van der Waals surface area contributed by atoms with E-state index in [0.29, 0.717) is 5.56 Å². The molecule has 0 spiro atoms. The first-order valence-corrected chi connectivity index (χ1v) is 6.54. The standard InChI is InChI=1S/C13H8BrFOS/c14-13-6-9(8-17-13)4-5-12(16)10-2-1-3-11(15)7-10/h1-8H/b5-4+. The predicted octanol–water partition coefficient (Wildman–Crippen LogP) is 4.55. The number of thiophene rings is 1. The molecule has 0 fully saturated rings. The molecule has 0 aliphatic rings. The van der Waals surface area contributed by atoms with Gasteiger partial charge in [-0.15, -0.1) is 11.3 Å². The summed E-state index contributed by atoms with van der Waals surface area (Å²) in [6.45, 7) is 0. The lowest BCUT2D eigenvalue weighted by Gasteiger charge is -1.94. The molecule has 2 rings (SSSR count). The first-order chi connectivity index (χ1) is 8.15. The maximum absolute atomic E-state index is 12.9. The van der Waals surface area contributed by atoms with Crippen molar-refractivity contribution in [2.75, 3.05) is 0 Å². The van der Waals surface area contributed by atoms with Gasteiger partial charge in [-0.25, -0.2) is 4.39 Å². The maximum atomic E-state index is 12.9. The number of allylic oxidation sites excluding steroid dienone is 1. The third-order valence-corrected chi connectivity index (χ3v) is 3.65. The van der Waals surface area contributed by atoms with Crippen molar-refractivity contribution >= 4 is 39.1 Å². The van der Waals surface area contributed by atoms with Gasteiger partial charge >= 0.3 is 0 Å². The molecule has 1 heterocycles. The Morgan fingerprint density at radius 3 is 2.82 bits per heavy atom. The number of ketones is 1. The Hall–Kier alpha value is -1.26. The van der Waals surface area contributed by atoms with Crippen LogP contribution in [0.4, 0.5) is 4.39 Å². The number of carbonyl (C=O) groups excluding carboxylic acids is 1. The smallest absolute Gasteiger partial charge is 0.185 e. The normalized spacial score (nSPS) is 10.9. The van der Waals surface area contributed by atoms with Crippen LogP contribution >= 0.6 is 27.3 Å². The molecule has 0 radical (unpaired) electrons. The lowest BCUT2D eigenvalue weighted by molar-refractivity contribution is 0.104. The molecule has 0 N–H and O–H groups in total. The molecule has 0 atom stereocenters. The number of benzene rings is 1.